The standard InChI is InChI=1S/C11H18N2O3/c12-4-7-2-1-3-9(7)10(14)13-5-8(6-13)11(15)16/h7-9H,1-6,12H2,(H,15,16). The zero-order valence-corrected chi connectivity index (χ0v) is 9.26. The van der Waals surface area contributed by atoms with Gasteiger partial charge in [0.05, 0.1) is 5.92 Å². The molecular formula is C11H18N2O3. The summed E-state index contributed by atoms with van der Waals surface area (Å²) >= 11 is 0. The number of carboxylic acid groups (broad SMARTS) is 1. The number of carbonyl (C=O) groups excluding carboxylic acids is 1. The van der Waals surface area contributed by atoms with Crippen molar-refractivity contribution in [3.63, 3.8) is 0 Å². The summed E-state index contributed by atoms with van der Waals surface area (Å²) in [6, 6.07) is 0. The maximum Gasteiger partial charge on any atom is 0.310 e. The molecule has 16 heavy (non-hydrogen) atoms. The third-order valence-electron chi connectivity index (χ3n) is 3.82. The molecule has 0 radical (unpaired) electrons. The van der Waals surface area contributed by atoms with E-state index in [-0.39, 0.29) is 17.7 Å². The predicted molar refractivity (Wildman–Crippen MR) is 57.6 cm³/mol. The van der Waals surface area contributed by atoms with Crippen molar-refractivity contribution in [1.82, 2.24) is 4.90 Å². The van der Waals surface area contributed by atoms with Crippen LogP contribution >= 0.6 is 0 Å². The second kappa shape index (κ2) is 4.41. The summed E-state index contributed by atoms with van der Waals surface area (Å²) in [5, 5.41) is 8.74. The molecule has 0 bridgehead atoms. The molecule has 1 aliphatic heterocycles. The summed E-state index contributed by atoms with van der Waals surface area (Å²) in [6.45, 7) is 1.32. The molecule has 3 N–H and O–H groups in total. The highest BCUT2D eigenvalue weighted by Crippen LogP contribution is 2.34. The molecular weight excluding hydrogens is 208 g/mol. The van der Waals surface area contributed by atoms with Crippen LogP contribution in [0.1, 0.15) is 19.3 Å². The van der Waals surface area contributed by atoms with Crippen molar-refractivity contribution in [2.45, 2.75) is 19.3 Å². The van der Waals surface area contributed by atoms with Gasteiger partial charge in [-0.05, 0) is 25.3 Å². The van der Waals surface area contributed by atoms with Crippen LogP contribution in [0.4, 0.5) is 0 Å². The molecule has 2 rings (SSSR count). The lowest BCUT2D eigenvalue weighted by molar-refractivity contribution is -0.155. The van der Waals surface area contributed by atoms with Crippen molar-refractivity contribution in [2.24, 2.45) is 23.5 Å². The Morgan fingerprint density at radius 2 is 2.00 bits per heavy atom. The van der Waals surface area contributed by atoms with E-state index >= 15 is 0 Å². The lowest BCUT2D eigenvalue weighted by Gasteiger charge is -2.39. The van der Waals surface area contributed by atoms with Crippen molar-refractivity contribution >= 4 is 11.9 Å². The van der Waals surface area contributed by atoms with Crippen molar-refractivity contribution in [1.29, 1.82) is 0 Å². The number of hydrogen-bond acceptors (Lipinski definition) is 3. The second-order valence-electron chi connectivity index (χ2n) is 4.81. The maximum atomic E-state index is 12.0. The molecule has 2 atom stereocenters. The Morgan fingerprint density at radius 1 is 1.31 bits per heavy atom. The molecule has 0 aromatic carbocycles. The van der Waals surface area contributed by atoms with Gasteiger partial charge in [0.2, 0.25) is 5.91 Å². The highest BCUT2D eigenvalue weighted by molar-refractivity contribution is 5.83. The van der Waals surface area contributed by atoms with Crippen molar-refractivity contribution in [3.8, 4) is 0 Å². The molecule has 5 nitrogen and oxygen atoms in total. The van der Waals surface area contributed by atoms with Crippen molar-refractivity contribution < 1.29 is 14.7 Å². The average molecular weight is 226 g/mol. The molecule has 90 valence electrons. The molecule has 0 spiro atoms. The van der Waals surface area contributed by atoms with Gasteiger partial charge in [-0.1, -0.05) is 6.42 Å². The summed E-state index contributed by atoms with van der Waals surface area (Å²) in [4.78, 5) is 24.3. The Balaban J connectivity index is 1.87. The number of carboxylic acids is 1. The van der Waals surface area contributed by atoms with Crippen LogP contribution in [0.3, 0.4) is 0 Å². The monoisotopic (exact) mass is 226 g/mol. The largest absolute Gasteiger partial charge is 0.481 e. The number of carbonyl (C=O) groups is 2. The molecule has 2 aliphatic rings. The molecule has 1 amide bonds. The van der Waals surface area contributed by atoms with Gasteiger partial charge in [0.15, 0.2) is 0 Å². The van der Waals surface area contributed by atoms with E-state index < -0.39 is 5.97 Å². The molecule has 1 aliphatic carbocycles. The summed E-state index contributed by atoms with van der Waals surface area (Å²) < 4.78 is 0. The normalized spacial score (nSPS) is 30.2. The highest BCUT2D eigenvalue weighted by Gasteiger charge is 2.41. The number of aliphatic carboxylic acids is 1. The van der Waals surface area contributed by atoms with Crippen LogP contribution in [0, 0.1) is 17.8 Å². The first-order chi connectivity index (χ1) is 7.63. The Bertz CT molecular complexity index is 300. The first kappa shape index (κ1) is 11.4. The van der Waals surface area contributed by atoms with E-state index in [1.807, 2.05) is 0 Å². The average Bonchev–Trinajstić information content (AvgIpc) is 2.61. The van der Waals surface area contributed by atoms with Crippen molar-refractivity contribution in [2.75, 3.05) is 19.6 Å². The molecule has 1 saturated heterocycles. The second-order valence-corrected chi connectivity index (χ2v) is 4.81. The van der Waals surface area contributed by atoms with E-state index in [1.165, 1.54) is 0 Å². The van der Waals surface area contributed by atoms with E-state index in [0.717, 1.165) is 19.3 Å². The van der Waals surface area contributed by atoms with E-state index in [4.69, 9.17) is 10.8 Å². The van der Waals surface area contributed by atoms with Gasteiger partial charge in [-0.25, -0.2) is 0 Å². The maximum absolute atomic E-state index is 12.0. The SMILES string of the molecule is NCC1CCCC1C(=O)N1CC(C(=O)O)C1. The Hall–Kier alpha value is -1.10. The van der Waals surface area contributed by atoms with E-state index in [0.29, 0.717) is 25.6 Å². The van der Waals surface area contributed by atoms with E-state index in [2.05, 4.69) is 0 Å². The van der Waals surface area contributed by atoms with Gasteiger partial charge in [-0.3, -0.25) is 9.59 Å². The smallest absolute Gasteiger partial charge is 0.310 e. The summed E-state index contributed by atoms with van der Waals surface area (Å²) in [5.74, 6) is -0.700. The van der Waals surface area contributed by atoms with Crippen molar-refractivity contribution in [3.05, 3.63) is 0 Å². The molecule has 0 aromatic heterocycles. The molecule has 5 heteroatoms. The Labute approximate surface area is 94.6 Å². The highest BCUT2D eigenvalue weighted by atomic mass is 16.4. The quantitative estimate of drug-likeness (QED) is 0.704. The zero-order valence-electron chi connectivity index (χ0n) is 9.26. The Kier molecular flexibility index (Phi) is 3.14. The predicted octanol–water partition coefficient (Wildman–Crippen LogP) is -0.0956. The molecule has 2 fully saturated rings. The van der Waals surface area contributed by atoms with Gasteiger partial charge in [0.1, 0.15) is 0 Å². The lowest BCUT2D eigenvalue weighted by atomic mass is 9.91. The van der Waals surface area contributed by atoms with E-state index in [1.54, 1.807) is 4.90 Å². The number of nitrogens with two attached hydrogens (primary N) is 1. The van der Waals surface area contributed by atoms with Gasteiger partial charge in [0.25, 0.3) is 0 Å². The molecule has 2 unspecified atom stereocenters. The van der Waals surface area contributed by atoms with Crippen LogP contribution in [-0.2, 0) is 9.59 Å². The number of hydrogen-bond donors (Lipinski definition) is 2. The fraction of sp³-hybridized carbons (Fsp3) is 0.818. The first-order valence-electron chi connectivity index (χ1n) is 5.85. The zero-order chi connectivity index (χ0) is 11.7. The third-order valence-corrected chi connectivity index (χ3v) is 3.82. The number of amides is 1. The van der Waals surface area contributed by atoms with E-state index in [9.17, 15) is 9.59 Å². The van der Waals surface area contributed by atoms with Crippen LogP contribution in [0.5, 0.6) is 0 Å². The summed E-state index contributed by atoms with van der Waals surface area (Å²) in [5.41, 5.74) is 5.63. The number of nitrogens with zero attached hydrogens (tertiary/aromatic N) is 1. The topological polar surface area (TPSA) is 83.6 Å². The minimum absolute atomic E-state index is 0.0414. The van der Waals surface area contributed by atoms with Gasteiger partial charge in [-0.15, -0.1) is 0 Å². The molecule has 1 saturated carbocycles. The van der Waals surface area contributed by atoms with Gasteiger partial charge < -0.3 is 15.7 Å². The number of rotatable bonds is 3. The van der Waals surface area contributed by atoms with Gasteiger partial charge >= 0.3 is 5.97 Å². The van der Waals surface area contributed by atoms with Crippen LogP contribution < -0.4 is 5.73 Å². The van der Waals surface area contributed by atoms with Crippen LogP contribution in [0.15, 0.2) is 0 Å². The fourth-order valence-electron chi connectivity index (χ4n) is 2.69. The minimum atomic E-state index is -0.800. The first-order valence-corrected chi connectivity index (χ1v) is 5.85. The van der Waals surface area contributed by atoms with Gasteiger partial charge in [-0.2, -0.15) is 0 Å². The number of likely N-dealkylation sites (tertiary alicyclic amines) is 1. The Morgan fingerprint density at radius 3 is 2.56 bits per heavy atom. The summed E-state index contributed by atoms with van der Waals surface area (Å²) in [6.07, 6.45) is 3.01. The molecule has 1 heterocycles. The van der Waals surface area contributed by atoms with Crippen LogP contribution in [-0.4, -0.2) is 41.5 Å². The van der Waals surface area contributed by atoms with Crippen LogP contribution in [0.25, 0.3) is 0 Å². The van der Waals surface area contributed by atoms with Gasteiger partial charge in [0, 0.05) is 19.0 Å². The lowest BCUT2D eigenvalue weighted by Crippen LogP contribution is -2.55. The minimum Gasteiger partial charge on any atom is -0.481 e. The molecule has 0 aromatic rings. The fourth-order valence-corrected chi connectivity index (χ4v) is 2.69. The summed E-state index contributed by atoms with van der Waals surface area (Å²) in [7, 11) is 0. The van der Waals surface area contributed by atoms with Crippen LogP contribution in [0.2, 0.25) is 0 Å². The third kappa shape index (κ3) is 1.91.